The Morgan fingerprint density at radius 1 is 0.941 bits per heavy atom. The monoisotopic (exact) mass is 464 g/mol. The lowest BCUT2D eigenvalue weighted by molar-refractivity contribution is 0.0906. The number of tetrazole rings is 1. The fourth-order valence-electron chi connectivity index (χ4n) is 4.86. The maximum Gasteiger partial charge on any atom is 0.173 e. The van der Waals surface area contributed by atoms with Gasteiger partial charge in [-0.15, -0.1) is 5.10 Å². The van der Waals surface area contributed by atoms with E-state index in [4.69, 9.17) is 14.2 Å². The van der Waals surface area contributed by atoms with Crippen LogP contribution in [-0.4, -0.2) is 78.2 Å². The molecule has 3 aromatic rings. The molecule has 2 aromatic carbocycles. The molecule has 5 rings (SSSR count). The summed E-state index contributed by atoms with van der Waals surface area (Å²) in [6.45, 7) is 5.14. The molecule has 0 N–H and O–H groups in total. The van der Waals surface area contributed by atoms with Gasteiger partial charge in [0.15, 0.2) is 5.82 Å². The van der Waals surface area contributed by atoms with Crippen molar-refractivity contribution in [3.8, 4) is 11.5 Å². The SMILES string of the molecule is COc1ccc([C@@H](c2nnnn2C[C@H]2CCCO2)N2CCN(c3ccc(OC)cc3)CC2)cc1. The number of piperazine rings is 1. The largest absolute Gasteiger partial charge is 0.497 e. The number of methoxy groups -OCH3 is 2. The van der Waals surface area contributed by atoms with Crippen LogP contribution in [0.4, 0.5) is 5.69 Å². The summed E-state index contributed by atoms with van der Waals surface area (Å²) in [7, 11) is 3.38. The summed E-state index contributed by atoms with van der Waals surface area (Å²) < 4.78 is 18.5. The number of ether oxygens (including phenoxy) is 3. The molecule has 0 radical (unpaired) electrons. The third kappa shape index (κ3) is 4.85. The van der Waals surface area contributed by atoms with Gasteiger partial charge in [0.05, 0.1) is 32.9 Å². The minimum Gasteiger partial charge on any atom is -0.497 e. The van der Waals surface area contributed by atoms with Gasteiger partial charge in [0.1, 0.15) is 11.5 Å². The Morgan fingerprint density at radius 2 is 1.62 bits per heavy atom. The van der Waals surface area contributed by atoms with Crippen LogP contribution in [-0.2, 0) is 11.3 Å². The van der Waals surface area contributed by atoms with Crippen molar-refractivity contribution in [3.05, 3.63) is 59.9 Å². The summed E-state index contributed by atoms with van der Waals surface area (Å²) in [5.41, 5.74) is 2.37. The van der Waals surface area contributed by atoms with E-state index in [1.54, 1.807) is 14.2 Å². The van der Waals surface area contributed by atoms with Crippen LogP contribution in [0.2, 0.25) is 0 Å². The van der Waals surface area contributed by atoms with Crippen LogP contribution < -0.4 is 14.4 Å². The van der Waals surface area contributed by atoms with Crippen molar-refractivity contribution in [1.29, 1.82) is 0 Å². The Labute approximate surface area is 200 Å². The van der Waals surface area contributed by atoms with E-state index < -0.39 is 0 Å². The van der Waals surface area contributed by atoms with Crippen molar-refractivity contribution in [1.82, 2.24) is 25.1 Å². The van der Waals surface area contributed by atoms with Crippen molar-refractivity contribution in [3.63, 3.8) is 0 Å². The molecule has 0 bridgehead atoms. The summed E-state index contributed by atoms with van der Waals surface area (Å²) in [5, 5.41) is 12.9. The third-order valence-corrected chi connectivity index (χ3v) is 6.75. The Kier molecular flexibility index (Phi) is 6.92. The number of nitrogens with zero attached hydrogens (tertiary/aromatic N) is 6. The third-order valence-electron chi connectivity index (χ3n) is 6.75. The summed E-state index contributed by atoms with van der Waals surface area (Å²) in [5.74, 6) is 2.57. The highest BCUT2D eigenvalue weighted by molar-refractivity contribution is 5.49. The predicted molar refractivity (Wildman–Crippen MR) is 128 cm³/mol. The van der Waals surface area contributed by atoms with Crippen LogP contribution in [0, 0.1) is 0 Å². The Hall–Kier alpha value is -3.17. The van der Waals surface area contributed by atoms with Crippen molar-refractivity contribution in [2.45, 2.75) is 31.5 Å². The fourth-order valence-corrected chi connectivity index (χ4v) is 4.86. The Morgan fingerprint density at radius 3 is 2.24 bits per heavy atom. The van der Waals surface area contributed by atoms with Crippen molar-refractivity contribution < 1.29 is 14.2 Å². The predicted octanol–water partition coefficient (Wildman–Crippen LogP) is 2.78. The molecule has 2 atom stereocenters. The zero-order valence-corrected chi connectivity index (χ0v) is 19.8. The molecule has 2 aliphatic heterocycles. The van der Waals surface area contributed by atoms with E-state index in [-0.39, 0.29) is 12.1 Å². The summed E-state index contributed by atoms with van der Waals surface area (Å²) in [6.07, 6.45) is 2.32. The lowest BCUT2D eigenvalue weighted by Gasteiger charge is -2.40. The average molecular weight is 465 g/mol. The molecule has 9 nitrogen and oxygen atoms in total. The molecule has 0 unspecified atom stereocenters. The molecule has 0 saturated carbocycles. The van der Waals surface area contributed by atoms with Gasteiger partial charge in [0.2, 0.25) is 0 Å². The molecular weight excluding hydrogens is 432 g/mol. The van der Waals surface area contributed by atoms with E-state index in [1.807, 2.05) is 28.9 Å². The standard InChI is InChI=1S/C25H32N6O3/c1-32-21-9-5-19(6-10-21)24(25-26-27-28-31(25)18-23-4-3-17-34-23)30-15-13-29(14-16-30)20-7-11-22(33-2)12-8-20/h5-12,23-24H,3-4,13-18H2,1-2H3/t23-,24+/m1/s1. The molecule has 2 aliphatic rings. The zero-order valence-electron chi connectivity index (χ0n) is 19.8. The van der Waals surface area contributed by atoms with Crippen LogP contribution in [0.5, 0.6) is 11.5 Å². The first-order valence-corrected chi connectivity index (χ1v) is 11.9. The average Bonchev–Trinajstić information content (AvgIpc) is 3.58. The molecule has 0 amide bonds. The number of hydrogen-bond acceptors (Lipinski definition) is 8. The minimum atomic E-state index is -0.0414. The molecular formula is C25H32N6O3. The van der Waals surface area contributed by atoms with E-state index in [1.165, 1.54) is 5.69 Å². The molecule has 0 aliphatic carbocycles. The van der Waals surface area contributed by atoms with E-state index in [0.717, 1.165) is 68.5 Å². The van der Waals surface area contributed by atoms with E-state index in [2.05, 4.69) is 49.6 Å². The first-order valence-electron chi connectivity index (χ1n) is 11.9. The van der Waals surface area contributed by atoms with Crippen LogP contribution in [0.1, 0.15) is 30.3 Å². The second-order valence-electron chi connectivity index (χ2n) is 8.75. The van der Waals surface area contributed by atoms with Crippen molar-refractivity contribution >= 4 is 5.69 Å². The maximum atomic E-state index is 5.86. The first kappa shape index (κ1) is 22.6. The van der Waals surface area contributed by atoms with Crippen LogP contribution in [0.25, 0.3) is 0 Å². The molecule has 3 heterocycles. The minimum absolute atomic E-state index is 0.0414. The fraction of sp³-hybridized carbons (Fsp3) is 0.480. The lowest BCUT2D eigenvalue weighted by atomic mass is 10.0. The van der Waals surface area contributed by atoms with Gasteiger partial charge in [-0.3, -0.25) is 4.90 Å². The van der Waals surface area contributed by atoms with Crippen molar-refractivity contribution in [2.24, 2.45) is 0 Å². The van der Waals surface area contributed by atoms with E-state index in [0.29, 0.717) is 6.54 Å². The van der Waals surface area contributed by atoms with Gasteiger partial charge >= 0.3 is 0 Å². The summed E-state index contributed by atoms with van der Waals surface area (Å²) >= 11 is 0. The van der Waals surface area contributed by atoms with Gasteiger partial charge < -0.3 is 19.1 Å². The molecule has 0 spiro atoms. The molecule has 9 heteroatoms. The van der Waals surface area contributed by atoms with Gasteiger partial charge in [-0.2, -0.15) is 0 Å². The van der Waals surface area contributed by atoms with Crippen molar-refractivity contribution in [2.75, 3.05) is 51.9 Å². The van der Waals surface area contributed by atoms with Crippen LogP contribution in [0.3, 0.4) is 0 Å². The zero-order chi connectivity index (χ0) is 23.3. The van der Waals surface area contributed by atoms with Gasteiger partial charge in [-0.1, -0.05) is 12.1 Å². The number of rotatable bonds is 8. The van der Waals surface area contributed by atoms with Gasteiger partial charge in [-0.25, -0.2) is 4.68 Å². The quantitative estimate of drug-likeness (QED) is 0.504. The highest BCUT2D eigenvalue weighted by Crippen LogP contribution is 2.31. The smallest absolute Gasteiger partial charge is 0.173 e. The summed E-state index contributed by atoms with van der Waals surface area (Å²) in [4.78, 5) is 4.88. The van der Waals surface area contributed by atoms with Crippen LogP contribution >= 0.6 is 0 Å². The molecule has 1 aromatic heterocycles. The normalized spacial score (nSPS) is 19.8. The molecule has 2 fully saturated rings. The number of anilines is 1. The van der Waals surface area contributed by atoms with Gasteiger partial charge in [0, 0.05) is 38.5 Å². The molecule has 180 valence electrons. The van der Waals surface area contributed by atoms with Crippen LogP contribution in [0.15, 0.2) is 48.5 Å². The molecule has 34 heavy (non-hydrogen) atoms. The number of benzene rings is 2. The first-order chi connectivity index (χ1) is 16.7. The highest BCUT2D eigenvalue weighted by atomic mass is 16.5. The topological polar surface area (TPSA) is 77.8 Å². The van der Waals surface area contributed by atoms with Gasteiger partial charge in [-0.05, 0) is 65.2 Å². The molecule has 2 saturated heterocycles. The summed E-state index contributed by atoms with van der Waals surface area (Å²) in [6, 6.07) is 16.5. The second kappa shape index (κ2) is 10.4. The number of aromatic nitrogens is 4. The van der Waals surface area contributed by atoms with E-state index in [9.17, 15) is 0 Å². The Balaban J connectivity index is 1.37. The van der Waals surface area contributed by atoms with E-state index >= 15 is 0 Å². The lowest BCUT2D eigenvalue weighted by Crippen LogP contribution is -2.48. The Bertz CT molecular complexity index is 1040. The second-order valence-corrected chi connectivity index (χ2v) is 8.75. The maximum absolute atomic E-state index is 5.86. The highest BCUT2D eigenvalue weighted by Gasteiger charge is 2.31. The van der Waals surface area contributed by atoms with Gasteiger partial charge in [0.25, 0.3) is 0 Å². The number of hydrogen-bond donors (Lipinski definition) is 0.